The van der Waals surface area contributed by atoms with Crippen molar-refractivity contribution < 1.29 is 17.9 Å². The highest BCUT2D eigenvalue weighted by Crippen LogP contribution is 2.34. The molecule has 34 heavy (non-hydrogen) atoms. The van der Waals surface area contributed by atoms with E-state index in [1.807, 2.05) is 24.3 Å². The van der Waals surface area contributed by atoms with E-state index in [-0.39, 0.29) is 15.2 Å². The maximum Gasteiger partial charge on any atom is 0.206 e. The van der Waals surface area contributed by atoms with E-state index < -0.39 is 9.84 Å². The van der Waals surface area contributed by atoms with Gasteiger partial charge in [0.25, 0.3) is 0 Å². The van der Waals surface area contributed by atoms with E-state index in [0.29, 0.717) is 17.1 Å². The Kier molecular flexibility index (Phi) is 6.49. The number of hydrogen-bond donors (Lipinski definition) is 0. The molecule has 0 fully saturated rings. The van der Waals surface area contributed by atoms with Crippen molar-refractivity contribution >= 4 is 9.84 Å². The summed E-state index contributed by atoms with van der Waals surface area (Å²) in [5, 5.41) is 0. The van der Waals surface area contributed by atoms with Gasteiger partial charge in [0.2, 0.25) is 9.84 Å². The summed E-state index contributed by atoms with van der Waals surface area (Å²) < 4.78 is 37.2. The highest BCUT2D eigenvalue weighted by molar-refractivity contribution is 7.91. The maximum absolute atomic E-state index is 13.0. The van der Waals surface area contributed by atoms with Crippen LogP contribution in [0.4, 0.5) is 0 Å². The predicted octanol–water partition coefficient (Wildman–Crippen LogP) is 6.95. The third kappa shape index (κ3) is 4.70. The minimum Gasteiger partial charge on any atom is -0.497 e. The summed E-state index contributed by atoms with van der Waals surface area (Å²) in [6, 6.07) is 29.6. The molecule has 0 N–H and O–H groups in total. The highest BCUT2D eigenvalue weighted by Gasteiger charge is 2.23. The zero-order chi connectivity index (χ0) is 24.3. The normalized spacial score (nSPS) is 11.8. The number of hydrogen-bond acceptors (Lipinski definition) is 4. The Hall–Kier alpha value is -3.57. The van der Waals surface area contributed by atoms with Crippen LogP contribution in [0.15, 0.2) is 107 Å². The molecule has 0 spiro atoms. The second kappa shape index (κ2) is 9.35. The molecule has 0 saturated heterocycles. The van der Waals surface area contributed by atoms with Gasteiger partial charge in [-0.15, -0.1) is 0 Å². The molecule has 0 aliphatic carbocycles. The standard InChI is InChI=1S/C29H28O4S/c1-21-20-26(18-19-28(21)34(30,31)27-8-6-5-7-9-27)33-25-16-12-23(13-17-25)29(2,3)22-10-14-24(32-4)15-11-22/h5-20H,1-4H3. The minimum atomic E-state index is -3.58. The SMILES string of the molecule is COc1ccc(C(C)(C)c2ccc(Oc3ccc(S(=O)(=O)c4ccccc4)c(C)c3)cc2)cc1. The Morgan fingerprint density at radius 3 is 1.74 bits per heavy atom. The van der Waals surface area contributed by atoms with Crippen LogP contribution in [0.2, 0.25) is 0 Å². The molecule has 4 rings (SSSR count). The first-order valence-corrected chi connectivity index (χ1v) is 12.5. The van der Waals surface area contributed by atoms with Gasteiger partial charge < -0.3 is 9.47 Å². The van der Waals surface area contributed by atoms with Crippen molar-refractivity contribution in [2.75, 3.05) is 7.11 Å². The van der Waals surface area contributed by atoms with Gasteiger partial charge in [0, 0.05) is 5.41 Å². The summed E-state index contributed by atoms with van der Waals surface area (Å²) in [6.45, 7) is 6.14. The number of rotatable bonds is 7. The molecule has 4 nitrogen and oxygen atoms in total. The molecule has 4 aromatic carbocycles. The fraction of sp³-hybridized carbons (Fsp3) is 0.172. The van der Waals surface area contributed by atoms with Crippen LogP contribution >= 0.6 is 0 Å². The van der Waals surface area contributed by atoms with Crippen LogP contribution in [0.25, 0.3) is 0 Å². The van der Waals surface area contributed by atoms with Crippen molar-refractivity contribution in [2.24, 2.45) is 0 Å². The molecule has 0 aliphatic rings. The van der Waals surface area contributed by atoms with Gasteiger partial charge in [-0.2, -0.15) is 0 Å². The molecule has 0 amide bonds. The minimum absolute atomic E-state index is 0.186. The second-order valence-electron chi connectivity index (χ2n) is 8.72. The van der Waals surface area contributed by atoms with Crippen LogP contribution in [0.1, 0.15) is 30.5 Å². The molecule has 0 aromatic heterocycles. The summed E-state index contributed by atoms with van der Waals surface area (Å²) in [5.41, 5.74) is 2.80. The number of sulfone groups is 1. The van der Waals surface area contributed by atoms with E-state index in [9.17, 15) is 8.42 Å². The van der Waals surface area contributed by atoms with E-state index in [2.05, 4.69) is 38.1 Å². The van der Waals surface area contributed by atoms with Crippen molar-refractivity contribution in [3.63, 3.8) is 0 Å². The van der Waals surface area contributed by atoms with Crippen molar-refractivity contribution in [3.05, 3.63) is 114 Å². The van der Waals surface area contributed by atoms with E-state index in [1.54, 1.807) is 62.6 Å². The molecule has 0 atom stereocenters. The Balaban J connectivity index is 1.53. The van der Waals surface area contributed by atoms with Gasteiger partial charge in [0.05, 0.1) is 16.9 Å². The number of benzene rings is 4. The topological polar surface area (TPSA) is 52.6 Å². The average Bonchev–Trinajstić information content (AvgIpc) is 2.85. The Labute approximate surface area is 201 Å². The largest absolute Gasteiger partial charge is 0.497 e. The van der Waals surface area contributed by atoms with Crippen LogP contribution in [0.3, 0.4) is 0 Å². The van der Waals surface area contributed by atoms with Gasteiger partial charge in [-0.3, -0.25) is 0 Å². The van der Waals surface area contributed by atoms with Gasteiger partial charge in [0.1, 0.15) is 17.2 Å². The first-order chi connectivity index (χ1) is 16.2. The lowest BCUT2D eigenvalue weighted by Crippen LogP contribution is -2.18. The van der Waals surface area contributed by atoms with Crippen LogP contribution in [-0.4, -0.2) is 15.5 Å². The fourth-order valence-corrected chi connectivity index (χ4v) is 5.46. The lowest BCUT2D eigenvalue weighted by molar-refractivity contribution is 0.414. The lowest BCUT2D eigenvalue weighted by Gasteiger charge is -2.26. The first kappa shape index (κ1) is 23.6. The highest BCUT2D eigenvalue weighted by atomic mass is 32.2. The average molecular weight is 473 g/mol. The molecule has 0 radical (unpaired) electrons. The van der Waals surface area contributed by atoms with Gasteiger partial charge in [-0.05, 0) is 78.2 Å². The molecule has 0 heterocycles. The number of ether oxygens (including phenoxy) is 2. The summed E-state index contributed by atoms with van der Waals surface area (Å²) in [4.78, 5) is 0.560. The zero-order valence-electron chi connectivity index (χ0n) is 19.8. The van der Waals surface area contributed by atoms with Crippen molar-refractivity contribution in [2.45, 2.75) is 36.0 Å². The molecular formula is C29H28O4S. The van der Waals surface area contributed by atoms with Crippen LogP contribution in [0, 0.1) is 6.92 Å². The van der Waals surface area contributed by atoms with Crippen molar-refractivity contribution in [3.8, 4) is 17.2 Å². The predicted molar refractivity (Wildman–Crippen MR) is 135 cm³/mol. The third-order valence-corrected chi connectivity index (χ3v) is 8.04. The van der Waals surface area contributed by atoms with Gasteiger partial charge in [0.15, 0.2) is 0 Å². The Morgan fingerprint density at radius 2 is 1.21 bits per heavy atom. The zero-order valence-corrected chi connectivity index (χ0v) is 20.6. The smallest absolute Gasteiger partial charge is 0.206 e. The van der Waals surface area contributed by atoms with Gasteiger partial charge in [-0.25, -0.2) is 8.42 Å². The Morgan fingerprint density at radius 1 is 0.676 bits per heavy atom. The summed E-state index contributed by atoms with van der Waals surface area (Å²) in [7, 11) is -1.91. The number of methoxy groups -OCH3 is 1. The summed E-state index contributed by atoms with van der Waals surface area (Å²) in [6.07, 6.45) is 0. The molecule has 174 valence electrons. The quantitative estimate of drug-likeness (QED) is 0.292. The molecule has 0 saturated carbocycles. The fourth-order valence-electron chi connectivity index (χ4n) is 3.96. The van der Waals surface area contributed by atoms with Gasteiger partial charge in [-0.1, -0.05) is 56.3 Å². The summed E-state index contributed by atoms with van der Waals surface area (Å²) in [5.74, 6) is 2.11. The molecule has 0 unspecified atom stereocenters. The molecule has 0 bridgehead atoms. The maximum atomic E-state index is 13.0. The molecule has 4 aromatic rings. The van der Waals surface area contributed by atoms with Crippen molar-refractivity contribution in [1.29, 1.82) is 0 Å². The summed E-state index contributed by atoms with van der Waals surface area (Å²) >= 11 is 0. The van der Waals surface area contributed by atoms with Crippen molar-refractivity contribution in [1.82, 2.24) is 0 Å². The van der Waals surface area contributed by atoms with E-state index in [1.165, 1.54) is 5.56 Å². The molecular weight excluding hydrogens is 444 g/mol. The first-order valence-electron chi connectivity index (χ1n) is 11.1. The van der Waals surface area contributed by atoms with Crippen LogP contribution in [-0.2, 0) is 15.3 Å². The lowest BCUT2D eigenvalue weighted by atomic mass is 9.78. The van der Waals surface area contributed by atoms with E-state index in [4.69, 9.17) is 9.47 Å². The van der Waals surface area contributed by atoms with Crippen LogP contribution in [0.5, 0.6) is 17.2 Å². The molecule has 0 aliphatic heterocycles. The van der Waals surface area contributed by atoms with Crippen LogP contribution < -0.4 is 9.47 Å². The van der Waals surface area contributed by atoms with E-state index >= 15 is 0 Å². The third-order valence-electron chi connectivity index (χ3n) is 6.11. The molecule has 5 heteroatoms. The van der Waals surface area contributed by atoms with Gasteiger partial charge >= 0.3 is 0 Å². The Bertz CT molecular complexity index is 1370. The van der Waals surface area contributed by atoms with E-state index in [0.717, 1.165) is 11.3 Å². The number of aryl methyl sites for hydroxylation is 1. The monoisotopic (exact) mass is 472 g/mol. The second-order valence-corrected chi connectivity index (χ2v) is 10.6.